The van der Waals surface area contributed by atoms with Crippen LogP contribution in [0.3, 0.4) is 0 Å². The molecule has 4 aromatic rings. The van der Waals surface area contributed by atoms with Gasteiger partial charge in [0.15, 0.2) is 0 Å². The quantitative estimate of drug-likeness (QED) is 0.201. The van der Waals surface area contributed by atoms with Gasteiger partial charge in [0.25, 0.3) is 0 Å². The maximum absolute atomic E-state index is 13.1. The number of likely N-dealkylation sites (tertiary alicyclic amines) is 1. The van der Waals surface area contributed by atoms with E-state index >= 15 is 0 Å². The molecule has 2 unspecified atom stereocenters. The second-order valence-corrected chi connectivity index (χ2v) is 10.6. The van der Waals surface area contributed by atoms with Gasteiger partial charge < -0.3 is 19.1 Å². The maximum Gasteiger partial charge on any atom is 0.305 e. The summed E-state index contributed by atoms with van der Waals surface area (Å²) in [6, 6.07) is 25.9. The molecule has 41 heavy (non-hydrogen) atoms. The predicted molar refractivity (Wildman–Crippen MR) is 159 cm³/mol. The van der Waals surface area contributed by atoms with Crippen molar-refractivity contribution in [3.8, 4) is 22.8 Å². The maximum atomic E-state index is 13.1. The van der Waals surface area contributed by atoms with Crippen molar-refractivity contribution < 1.29 is 23.8 Å². The van der Waals surface area contributed by atoms with E-state index in [-0.39, 0.29) is 23.7 Å². The van der Waals surface area contributed by atoms with E-state index in [9.17, 15) is 9.59 Å². The minimum atomic E-state index is -0.209. The van der Waals surface area contributed by atoms with E-state index in [0.29, 0.717) is 26.0 Å². The highest BCUT2D eigenvalue weighted by atomic mass is 16.5. The molecule has 0 radical (unpaired) electrons. The van der Waals surface area contributed by atoms with Gasteiger partial charge in [-0.3, -0.25) is 9.59 Å². The molecule has 0 saturated carbocycles. The highest BCUT2D eigenvalue weighted by Gasteiger charge is 2.33. The van der Waals surface area contributed by atoms with Crippen LogP contribution in [0.2, 0.25) is 0 Å². The number of carbonyl (C=O) groups is 2. The van der Waals surface area contributed by atoms with Crippen molar-refractivity contribution in [2.75, 3.05) is 27.3 Å². The molecule has 212 valence electrons. The highest BCUT2D eigenvalue weighted by molar-refractivity contribution is 5.86. The van der Waals surface area contributed by atoms with Crippen LogP contribution in [0.15, 0.2) is 78.9 Å². The van der Waals surface area contributed by atoms with Crippen molar-refractivity contribution >= 4 is 22.8 Å². The monoisotopic (exact) mass is 552 g/mol. The van der Waals surface area contributed by atoms with E-state index in [4.69, 9.17) is 19.2 Å². The molecule has 7 nitrogen and oxygen atoms in total. The number of para-hydroxylation sites is 1. The Labute approximate surface area is 241 Å². The zero-order valence-electron chi connectivity index (χ0n) is 23.8. The number of fused-ring (bicyclic) bond motifs is 1. The summed E-state index contributed by atoms with van der Waals surface area (Å²) in [7, 11) is 3.06. The summed E-state index contributed by atoms with van der Waals surface area (Å²) < 4.78 is 16.2. The van der Waals surface area contributed by atoms with Gasteiger partial charge in [0.1, 0.15) is 18.1 Å². The van der Waals surface area contributed by atoms with Crippen molar-refractivity contribution in [3.63, 3.8) is 0 Å². The number of pyridine rings is 1. The second kappa shape index (κ2) is 12.9. The summed E-state index contributed by atoms with van der Waals surface area (Å²) in [6.45, 7) is 3.86. The van der Waals surface area contributed by atoms with Crippen LogP contribution >= 0.6 is 0 Å². The Morgan fingerprint density at radius 2 is 1.73 bits per heavy atom. The molecule has 2 heterocycles. The van der Waals surface area contributed by atoms with Gasteiger partial charge in [-0.2, -0.15) is 0 Å². The van der Waals surface area contributed by atoms with Crippen LogP contribution in [0.5, 0.6) is 11.5 Å². The van der Waals surface area contributed by atoms with E-state index in [0.717, 1.165) is 57.8 Å². The number of nitrogens with zero attached hydrogens (tertiary/aromatic N) is 2. The molecule has 0 N–H and O–H groups in total. The first-order valence-electron chi connectivity index (χ1n) is 14.1. The number of benzene rings is 3. The van der Waals surface area contributed by atoms with Crippen LogP contribution in [-0.2, 0) is 20.9 Å². The van der Waals surface area contributed by atoms with Gasteiger partial charge in [0.05, 0.1) is 31.3 Å². The number of rotatable bonds is 11. The van der Waals surface area contributed by atoms with Crippen LogP contribution in [0.25, 0.3) is 22.2 Å². The van der Waals surface area contributed by atoms with Crippen molar-refractivity contribution in [2.24, 2.45) is 5.92 Å². The Kier molecular flexibility index (Phi) is 8.82. The third-order valence-electron chi connectivity index (χ3n) is 7.76. The molecule has 1 aliphatic heterocycles. The fourth-order valence-electron chi connectivity index (χ4n) is 5.40. The van der Waals surface area contributed by atoms with Crippen molar-refractivity contribution in [2.45, 2.75) is 38.7 Å². The summed E-state index contributed by atoms with van der Waals surface area (Å²) in [5.74, 6) is 1.59. The molecule has 1 aliphatic rings. The summed E-state index contributed by atoms with van der Waals surface area (Å²) in [5, 5.41) is 1.05. The topological polar surface area (TPSA) is 78.0 Å². The van der Waals surface area contributed by atoms with Gasteiger partial charge in [-0.25, -0.2) is 4.98 Å². The van der Waals surface area contributed by atoms with Crippen LogP contribution in [0.4, 0.5) is 0 Å². The van der Waals surface area contributed by atoms with E-state index in [1.165, 1.54) is 7.11 Å². The fraction of sp³-hybridized carbons (Fsp3) is 0.324. The van der Waals surface area contributed by atoms with Crippen LogP contribution in [0.1, 0.15) is 43.2 Å². The summed E-state index contributed by atoms with van der Waals surface area (Å²) in [6.07, 6.45) is 1.88. The molecule has 0 spiro atoms. The summed E-state index contributed by atoms with van der Waals surface area (Å²) in [4.78, 5) is 31.4. The second-order valence-electron chi connectivity index (χ2n) is 10.6. The first-order chi connectivity index (χ1) is 19.9. The predicted octanol–water partition coefficient (Wildman–Crippen LogP) is 6.39. The van der Waals surface area contributed by atoms with E-state index < -0.39 is 0 Å². The van der Waals surface area contributed by atoms with Gasteiger partial charge in [0.2, 0.25) is 5.91 Å². The average molecular weight is 553 g/mol. The largest absolute Gasteiger partial charge is 0.497 e. The lowest BCUT2D eigenvalue weighted by atomic mass is 9.97. The standard InChI is InChI=1S/C34H36N2O5/c1-23(8-17-33(37)40-3)21-36-19-18-30(34(36)38)24-9-15-28(16-10-24)41-22-26-20-32(25-11-13-27(39-2)14-12-25)35-31-7-5-4-6-29(26)31/h4-7,9-16,20,23,30H,8,17-19,21-22H2,1-3H3. The Morgan fingerprint density at radius 3 is 2.46 bits per heavy atom. The van der Waals surface area contributed by atoms with Gasteiger partial charge in [0, 0.05) is 36.0 Å². The Bertz CT molecular complexity index is 1500. The van der Waals surface area contributed by atoms with Crippen LogP contribution in [0, 0.1) is 5.92 Å². The molecule has 1 amide bonds. The number of hydrogen-bond acceptors (Lipinski definition) is 6. The van der Waals surface area contributed by atoms with Gasteiger partial charge in [-0.05, 0) is 72.9 Å². The molecular weight excluding hydrogens is 516 g/mol. The number of methoxy groups -OCH3 is 2. The van der Waals surface area contributed by atoms with Crippen molar-refractivity contribution in [1.82, 2.24) is 9.88 Å². The number of aromatic nitrogens is 1. The first kappa shape index (κ1) is 28.1. The minimum absolute atomic E-state index is 0.145. The lowest BCUT2D eigenvalue weighted by molar-refractivity contribution is -0.140. The van der Waals surface area contributed by atoms with E-state index in [2.05, 4.69) is 19.1 Å². The van der Waals surface area contributed by atoms with E-state index in [1.807, 2.05) is 71.6 Å². The lowest BCUT2D eigenvalue weighted by Gasteiger charge is -2.21. The van der Waals surface area contributed by atoms with Crippen molar-refractivity contribution in [1.29, 1.82) is 0 Å². The molecular formula is C34H36N2O5. The third kappa shape index (κ3) is 6.68. The summed E-state index contributed by atoms with van der Waals surface area (Å²) in [5.41, 5.74) is 4.86. The molecule has 0 bridgehead atoms. The van der Waals surface area contributed by atoms with E-state index in [1.54, 1.807) is 7.11 Å². The number of esters is 1. The molecule has 0 aliphatic carbocycles. The van der Waals surface area contributed by atoms with Gasteiger partial charge in [-0.15, -0.1) is 0 Å². The first-order valence-corrected chi connectivity index (χ1v) is 14.1. The van der Waals surface area contributed by atoms with Gasteiger partial charge in [-0.1, -0.05) is 37.3 Å². The van der Waals surface area contributed by atoms with Crippen LogP contribution in [-0.4, -0.2) is 49.1 Å². The molecule has 2 atom stereocenters. The highest BCUT2D eigenvalue weighted by Crippen LogP contribution is 2.32. The normalized spacial score (nSPS) is 15.6. The number of ether oxygens (including phenoxy) is 3. The SMILES string of the molecule is COC(=O)CCC(C)CN1CCC(c2ccc(OCc3cc(-c4ccc(OC)cc4)nc4ccccc34)cc2)C1=O. The number of amides is 1. The number of hydrogen-bond donors (Lipinski definition) is 0. The van der Waals surface area contributed by atoms with Gasteiger partial charge >= 0.3 is 5.97 Å². The lowest BCUT2D eigenvalue weighted by Crippen LogP contribution is -2.31. The Balaban J connectivity index is 1.24. The molecule has 1 fully saturated rings. The average Bonchev–Trinajstić information content (AvgIpc) is 3.37. The number of carbonyl (C=O) groups excluding carboxylic acids is 2. The summed E-state index contributed by atoms with van der Waals surface area (Å²) >= 11 is 0. The molecule has 1 saturated heterocycles. The zero-order chi connectivity index (χ0) is 28.8. The molecule has 5 rings (SSSR count). The molecule has 1 aromatic heterocycles. The third-order valence-corrected chi connectivity index (χ3v) is 7.76. The molecule has 3 aromatic carbocycles. The Morgan fingerprint density at radius 1 is 1.00 bits per heavy atom. The Hall–Kier alpha value is -4.39. The zero-order valence-corrected chi connectivity index (χ0v) is 23.8. The molecule has 7 heteroatoms. The fourth-order valence-corrected chi connectivity index (χ4v) is 5.40. The minimum Gasteiger partial charge on any atom is -0.497 e. The van der Waals surface area contributed by atoms with Crippen LogP contribution < -0.4 is 9.47 Å². The smallest absolute Gasteiger partial charge is 0.305 e. The van der Waals surface area contributed by atoms with Crippen molar-refractivity contribution in [3.05, 3.63) is 90.0 Å².